The number of carbonyl (C=O) groups is 2. The molecule has 0 bridgehead atoms. The highest BCUT2D eigenvalue weighted by molar-refractivity contribution is 8.00. The van der Waals surface area contributed by atoms with E-state index in [4.69, 9.17) is 10.2 Å². The van der Waals surface area contributed by atoms with Gasteiger partial charge in [-0.05, 0) is 12.1 Å². The number of amides is 1. The number of aliphatic carboxylic acids is 1. The molecule has 0 saturated heterocycles. The predicted octanol–water partition coefficient (Wildman–Crippen LogP) is 0.125. The Morgan fingerprint density at radius 3 is 2.67 bits per heavy atom. The van der Waals surface area contributed by atoms with Crippen LogP contribution in [0.5, 0.6) is 0 Å². The van der Waals surface area contributed by atoms with E-state index in [0.717, 1.165) is 4.90 Å². The molecular weight excluding hydrogens is 256 g/mol. The number of carbonyl (C=O) groups excluding carboxylic acids is 1. The molecule has 1 rings (SSSR count). The number of aromatic nitrogens is 1. The molecule has 1 aromatic rings. The van der Waals surface area contributed by atoms with Gasteiger partial charge < -0.3 is 15.5 Å². The lowest BCUT2D eigenvalue weighted by molar-refractivity contribution is -0.147. The topological polar surface area (TPSA) is 99.5 Å². The van der Waals surface area contributed by atoms with Gasteiger partial charge in [0.05, 0.1) is 5.75 Å². The maximum absolute atomic E-state index is 11.4. The van der Waals surface area contributed by atoms with Crippen LogP contribution in [0.25, 0.3) is 0 Å². The van der Waals surface area contributed by atoms with Crippen molar-refractivity contribution in [3.63, 3.8) is 0 Å². The smallest absolute Gasteiger partial charge is 0.332 e. The first kappa shape index (κ1) is 14.5. The molecule has 0 fully saturated rings. The quantitative estimate of drug-likeness (QED) is 0.609. The Morgan fingerprint density at radius 1 is 1.39 bits per heavy atom. The molecule has 1 amide bonds. The van der Waals surface area contributed by atoms with Crippen LogP contribution in [0.1, 0.15) is 6.42 Å². The Kier molecular flexibility index (Phi) is 6.16. The first-order valence-electron chi connectivity index (χ1n) is 5.30. The molecule has 0 aliphatic carbocycles. The van der Waals surface area contributed by atoms with Crippen molar-refractivity contribution in [2.75, 3.05) is 12.3 Å². The van der Waals surface area contributed by atoms with E-state index in [9.17, 15) is 9.59 Å². The highest BCUT2D eigenvalue weighted by Gasteiger charge is 2.12. The van der Waals surface area contributed by atoms with Gasteiger partial charge in [0.25, 0.3) is 0 Å². The Labute approximate surface area is 108 Å². The van der Waals surface area contributed by atoms with E-state index in [2.05, 4.69) is 10.3 Å². The Hall–Kier alpha value is -1.60. The van der Waals surface area contributed by atoms with Gasteiger partial charge in [-0.2, -0.15) is 0 Å². The van der Waals surface area contributed by atoms with Gasteiger partial charge in [0.1, 0.15) is 0 Å². The molecule has 1 unspecified atom stereocenters. The minimum atomic E-state index is -1.43. The third kappa shape index (κ3) is 5.65. The average Bonchev–Trinajstić information content (AvgIpc) is 2.37. The normalized spacial score (nSPS) is 11.8. The lowest BCUT2D eigenvalue weighted by Crippen LogP contribution is -2.31. The number of aliphatic hydroxyl groups is 1. The maximum atomic E-state index is 11.4. The zero-order chi connectivity index (χ0) is 13.4. The Balaban J connectivity index is 2.17. The van der Waals surface area contributed by atoms with Crippen molar-refractivity contribution in [3.05, 3.63) is 24.5 Å². The molecule has 6 nitrogen and oxygen atoms in total. The molecule has 1 heterocycles. The fourth-order valence-corrected chi connectivity index (χ4v) is 1.82. The van der Waals surface area contributed by atoms with Gasteiger partial charge in [-0.15, -0.1) is 11.8 Å². The van der Waals surface area contributed by atoms with E-state index >= 15 is 0 Å². The largest absolute Gasteiger partial charge is 0.479 e. The first-order chi connectivity index (χ1) is 8.59. The monoisotopic (exact) mass is 270 g/mol. The molecule has 0 aliphatic heterocycles. The summed E-state index contributed by atoms with van der Waals surface area (Å²) in [6.07, 6.45) is 1.85. The van der Waals surface area contributed by atoms with Crippen LogP contribution in [0.15, 0.2) is 29.4 Å². The van der Waals surface area contributed by atoms with Crippen LogP contribution in [-0.4, -0.2) is 45.5 Å². The summed E-state index contributed by atoms with van der Waals surface area (Å²) in [5.41, 5.74) is 0. The highest BCUT2D eigenvalue weighted by Crippen LogP contribution is 2.15. The van der Waals surface area contributed by atoms with Crippen LogP contribution < -0.4 is 5.32 Å². The third-order valence-electron chi connectivity index (χ3n) is 2.04. The zero-order valence-corrected chi connectivity index (χ0v) is 10.4. The molecular formula is C11H14N2O4S. The second-order valence-electron chi connectivity index (χ2n) is 3.46. The summed E-state index contributed by atoms with van der Waals surface area (Å²) >= 11 is 1.36. The second-order valence-corrected chi connectivity index (χ2v) is 4.51. The summed E-state index contributed by atoms with van der Waals surface area (Å²) in [5, 5.41) is 20.0. The summed E-state index contributed by atoms with van der Waals surface area (Å²) in [4.78, 5) is 26.5. The molecule has 0 radical (unpaired) electrons. The van der Waals surface area contributed by atoms with Crippen molar-refractivity contribution >= 4 is 23.6 Å². The first-order valence-corrected chi connectivity index (χ1v) is 6.28. The molecule has 0 saturated carbocycles. The molecule has 1 aromatic heterocycles. The molecule has 0 aromatic carbocycles. The van der Waals surface area contributed by atoms with Gasteiger partial charge in [0, 0.05) is 30.3 Å². The van der Waals surface area contributed by atoms with Crippen LogP contribution >= 0.6 is 11.8 Å². The Bertz CT molecular complexity index is 399. The fraction of sp³-hybridized carbons (Fsp3) is 0.364. The van der Waals surface area contributed by atoms with Crippen LogP contribution in [0, 0.1) is 0 Å². The standard InChI is InChI=1S/C11H14N2O4S/c14-9(11(16)17)3-6-13-10(15)7-18-8-1-4-12-5-2-8/h1-2,4-5,9,14H,3,6-7H2,(H,13,15)(H,16,17). The number of hydrogen-bond donors (Lipinski definition) is 3. The van der Waals surface area contributed by atoms with Crippen molar-refractivity contribution < 1.29 is 19.8 Å². The van der Waals surface area contributed by atoms with Crippen LogP contribution in [0.2, 0.25) is 0 Å². The molecule has 0 spiro atoms. The predicted molar refractivity (Wildman–Crippen MR) is 66.2 cm³/mol. The lowest BCUT2D eigenvalue weighted by atomic mass is 10.2. The second kappa shape index (κ2) is 7.67. The number of rotatable bonds is 7. The average molecular weight is 270 g/mol. The van der Waals surface area contributed by atoms with Gasteiger partial charge in [-0.3, -0.25) is 9.78 Å². The molecule has 1 atom stereocenters. The summed E-state index contributed by atoms with van der Waals surface area (Å²) < 4.78 is 0. The maximum Gasteiger partial charge on any atom is 0.332 e. The van der Waals surface area contributed by atoms with E-state index in [1.54, 1.807) is 24.5 Å². The van der Waals surface area contributed by atoms with Crippen LogP contribution in [0.3, 0.4) is 0 Å². The third-order valence-corrected chi connectivity index (χ3v) is 3.06. The van der Waals surface area contributed by atoms with Crippen molar-refractivity contribution in [2.24, 2.45) is 0 Å². The van der Waals surface area contributed by atoms with E-state index < -0.39 is 12.1 Å². The highest BCUT2D eigenvalue weighted by atomic mass is 32.2. The molecule has 98 valence electrons. The minimum Gasteiger partial charge on any atom is -0.479 e. The summed E-state index contributed by atoms with van der Waals surface area (Å²) in [6, 6.07) is 3.60. The minimum absolute atomic E-state index is 0.000989. The number of thioether (sulfide) groups is 1. The number of pyridine rings is 1. The summed E-state index contributed by atoms with van der Waals surface area (Å²) in [6.45, 7) is 0.142. The van der Waals surface area contributed by atoms with Crippen molar-refractivity contribution in [1.82, 2.24) is 10.3 Å². The van der Waals surface area contributed by atoms with Crippen LogP contribution in [-0.2, 0) is 9.59 Å². The Morgan fingerprint density at radius 2 is 2.06 bits per heavy atom. The van der Waals surface area contributed by atoms with Gasteiger partial charge >= 0.3 is 5.97 Å². The molecule has 7 heteroatoms. The van der Waals surface area contributed by atoms with Gasteiger partial charge in [0.15, 0.2) is 6.10 Å². The van der Waals surface area contributed by atoms with Gasteiger partial charge in [0.2, 0.25) is 5.91 Å². The van der Waals surface area contributed by atoms with Crippen molar-refractivity contribution in [2.45, 2.75) is 17.4 Å². The van der Waals surface area contributed by atoms with E-state index in [1.807, 2.05) is 0 Å². The number of carboxylic acids is 1. The molecule has 0 aliphatic rings. The number of carboxylic acid groups (broad SMARTS) is 1. The number of nitrogens with zero attached hydrogens (tertiary/aromatic N) is 1. The van der Waals surface area contributed by atoms with E-state index in [0.29, 0.717) is 0 Å². The van der Waals surface area contributed by atoms with E-state index in [1.165, 1.54) is 11.8 Å². The SMILES string of the molecule is O=C(CSc1ccncc1)NCCC(O)C(=O)O. The summed E-state index contributed by atoms with van der Waals surface area (Å²) in [7, 11) is 0. The zero-order valence-electron chi connectivity index (χ0n) is 9.57. The molecule has 18 heavy (non-hydrogen) atoms. The van der Waals surface area contributed by atoms with Gasteiger partial charge in [-0.1, -0.05) is 0 Å². The van der Waals surface area contributed by atoms with Crippen molar-refractivity contribution in [1.29, 1.82) is 0 Å². The fourth-order valence-electron chi connectivity index (χ4n) is 1.11. The number of nitrogens with one attached hydrogen (secondary N) is 1. The van der Waals surface area contributed by atoms with Crippen molar-refractivity contribution in [3.8, 4) is 0 Å². The summed E-state index contributed by atoms with van der Waals surface area (Å²) in [5.74, 6) is -1.24. The molecule has 3 N–H and O–H groups in total. The van der Waals surface area contributed by atoms with E-state index in [-0.39, 0.29) is 24.6 Å². The lowest BCUT2D eigenvalue weighted by Gasteiger charge is -2.07. The number of hydrogen-bond acceptors (Lipinski definition) is 5. The van der Waals surface area contributed by atoms with Crippen LogP contribution in [0.4, 0.5) is 0 Å². The number of aliphatic hydroxyl groups excluding tert-OH is 1. The van der Waals surface area contributed by atoms with Gasteiger partial charge in [-0.25, -0.2) is 4.79 Å².